The van der Waals surface area contributed by atoms with Crippen LogP contribution < -0.4 is 4.84 Å². The summed E-state index contributed by atoms with van der Waals surface area (Å²) in [6, 6.07) is 0. The van der Waals surface area contributed by atoms with Gasteiger partial charge >= 0.3 is 31.1 Å². The quantitative estimate of drug-likeness (QED) is 0.410. The summed E-state index contributed by atoms with van der Waals surface area (Å²) in [5.74, 6) is -1.38. The fourth-order valence-electron chi connectivity index (χ4n) is 1.70. The highest BCUT2D eigenvalue weighted by atomic mass is 35.5. The Kier molecular flexibility index (Phi) is 6.45. The van der Waals surface area contributed by atoms with Crippen LogP contribution in [-0.4, -0.2) is 37.2 Å². The average molecular weight is 415 g/mol. The fraction of sp³-hybridized carbons (Fsp3) is 1.00. The van der Waals surface area contributed by atoms with E-state index in [0.717, 1.165) is 20.8 Å². The molecule has 0 fully saturated rings. The predicted molar refractivity (Wildman–Crippen MR) is 68.6 cm³/mol. The van der Waals surface area contributed by atoms with E-state index in [4.69, 9.17) is 11.8 Å². The summed E-state index contributed by atoms with van der Waals surface area (Å²) in [6.45, 7) is 2.98. The van der Waals surface area contributed by atoms with Crippen LogP contribution in [0.3, 0.4) is 0 Å². The fourth-order valence-corrected chi connectivity index (χ4v) is 5.79. The molecule has 15 heteroatoms. The molecular formula is C8H13ClF6N2O4S2. The smallest absolute Gasteiger partial charge is 0.211 e. The Morgan fingerprint density at radius 1 is 0.957 bits per heavy atom. The topological polar surface area (TPSA) is 83.6 Å². The molecule has 0 radical (unpaired) electrons. The summed E-state index contributed by atoms with van der Waals surface area (Å²) in [5.41, 5.74) is -15.5. The van der Waals surface area contributed by atoms with Crippen LogP contribution in [0.1, 0.15) is 27.2 Å². The van der Waals surface area contributed by atoms with Gasteiger partial charge in [0.25, 0.3) is 0 Å². The first kappa shape index (κ1) is 22.7. The van der Waals surface area contributed by atoms with Gasteiger partial charge in [0.15, 0.2) is 0 Å². The highest BCUT2D eigenvalue weighted by Gasteiger charge is 2.67. The van der Waals surface area contributed by atoms with E-state index in [0.29, 0.717) is 0 Å². The standard InChI is InChI=1S/C8H13ClF6N2O4S2/c1-4-6(16-9,5(2)3)17(22(18,19)7(10,11)12)23(20,21)8(13,14)15/h5,16H,4H2,1-3H3. The largest absolute Gasteiger partial charge is 0.512 e. The Bertz CT molecular complexity index is 580. The third-order valence-corrected chi connectivity index (χ3v) is 7.20. The van der Waals surface area contributed by atoms with Crippen LogP contribution in [-0.2, 0) is 20.0 Å². The van der Waals surface area contributed by atoms with Crippen molar-refractivity contribution in [1.82, 2.24) is 8.55 Å². The average Bonchev–Trinajstić information content (AvgIpc) is 2.31. The van der Waals surface area contributed by atoms with Gasteiger partial charge in [-0.25, -0.2) is 21.7 Å². The number of rotatable bonds is 6. The van der Waals surface area contributed by atoms with Crippen molar-refractivity contribution >= 4 is 31.8 Å². The second-order valence-electron chi connectivity index (χ2n) is 4.63. The lowest BCUT2D eigenvalue weighted by molar-refractivity contribution is -0.0594. The van der Waals surface area contributed by atoms with E-state index in [9.17, 15) is 43.2 Å². The van der Waals surface area contributed by atoms with Gasteiger partial charge in [0.2, 0.25) is 0 Å². The first-order chi connectivity index (χ1) is 9.93. The Hall–Kier alpha value is -0.310. The van der Waals surface area contributed by atoms with Crippen molar-refractivity contribution in [2.45, 2.75) is 43.9 Å². The van der Waals surface area contributed by atoms with Crippen molar-refractivity contribution in [1.29, 1.82) is 0 Å². The number of alkyl halides is 6. The zero-order valence-corrected chi connectivity index (χ0v) is 14.2. The highest BCUT2D eigenvalue weighted by Crippen LogP contribution is 2.42. The van der Waals surface area contributed by atoms with Crippen LogP contribution >= 0.6 is 11.8 Å². The second-order valence-corrected chi connectivity index (χ2v) is 8.60. The molecule has 0 saturated carbocycles. The van der Waals surface area contributed by atoms with E-state index in [1.807, 2.05) is 0 Å². The maximum Gasteiger partial charge on any atom is 0.512 e. The van der Waals surface area contributed by atoms with Crippen LogP contribution in [0.5, 0.6) is 0 Å². The molecule has 0 aromatic rings. The highest BCUT2D eigenvalue weighted by molar-refractivity contribution is 8.04. The van der Waals surface area contributed by atoms with Gasteiger partial charge in [0.05, 0.1) is 0 Å². The first-order valence-corrected chi connectivity index (χ1v) is 9.00. The van der Waals surface area contributed by atoms with Gasteiger partial charge in [-0.15, -0.1) is 0 Å². The monoisotopic (exact) mass is 414 g/mol. The van der Waals surface area contributed by atoms with E-state index >= 15 is 0 Å². The van der Waals surface area contributed by atoms with Crippen molar-refractivity contribution in [3.8, 4) is 0 Å². The molecule has 1 atom stereocenters. The molecule has 0 aromatic carbocycles. The van der Waals surface area contributed by atoms with Crippen LogP contribution in [0.2, 0.25) is 0 Å². The van der Waals surface area contributed by atoms with Gasteiger partial charge in [-0.2, -0.15) is 26.3 Å². The summed E-state index contributed by atoms with van der Waals surface area (Å²) in [6.07, 6.45) is -0.807. The molecule has 0 aliphatic rings. The lowest BCUT2D eigenvalue weighted by Crippen LogP contribution is -2.66. The van der Waals surface area contributed by atoms with E-state index in [1.165, 1.54) is 4.84 Å². The third kappa shape index (κ3) is 3.70. The normalized spacial score (nSPS) is 17.6. The van der Waals surface area contributed by atoms with Crippen LogP contribution in [0.15, 0.2) is 0 Å². The number of sulfonamides is 2. The van der Waals surface area contributed by atoms with Gasteiger partial charge in [0.1, 0.15) is 5.66 Å². The minimum absolute atomic E-state index is 0.807. The van der Waals surface area contributed by atoms with Gasteiger partial charge in [-0.05, 0) is 24.1 Å². The Morgan fingerprint density at radius 2 is 1.26 bits per heavy atom. The molecule has 0 aliphatic carbocycles. The van der Waals surface area contributed by atoms with E-state index in [1.54, 1.807) is 0 Å². The van der Waals surface area contributed by atoms with Gasteiger partial charge in [-0.3, -0.25) is 0 Å². The second kappa shape index (κ2) is 6.54. The predicted octanol–water partition coefficient (Wildman–Crippen LogP) is 2.49. The molecule has 0 bridgehead atoms. The molecule has 6 nitrogen and oxygen atoms in total. The lowest BCUT2D eigenvalue weighted by Gasteiger charge is -2.42. The number of nitrogens with zero attached hydrogens (tertiary/aromatic N) is 1. The molecular weight excluding hydrogens is 402 g/mol. The van der Waals surface area contributed by atoms with Gasteiger partial charge < -0.3 is 0 Å². The lowest BCUT2D eigenvalue weighted by atomic mass is 9.95. The molecule has 0 aromatic heterocycles. The van der Waals surface area contributed by atoms with Crippen molar-refractivity contribution < 1.29 is 43.2 Å². The zero-order valence-electron chi connectivity index (χ0n) is 11.8. The molecule has 0 spiro atoms. The molecule has 140 valence electrons. The van der Waals surface area contributed by atoms with Crippen LogP contribution in [0.25, 0.3) is 0 Å². The van der Waals surface area contributed by atoms with Crippen molar-refractivity contribution in [2.75, 3.05) is 0 Å². The maximum absolute atomic E-state index is 12.7. The number of halogens is 7. The summed E-state index contributed by atoms with van der Waals surface area (Å²) in [7, 11) is -13.9. The molecule has 0 aliphatic heterocycles. The third-order valence-electron chi connectivity index (χ3n) is 3.01. The van der Waals surface area contributed by atoms with Crippen LogP contribution in [0, 0.1) is 5.92 Å². The molecule has 0 amide bonds. The van der Waals surface area contributed by atoms with Gasteiger partial charge in [0, 0.05) is 0 Å². The minimum atomic E-state index is -6.93. The van der Waals surface area contributed by atoms with Gasteiger partial charge in [-0.1, -0.05) is 24.5 Å². The van der Waals surface area contributed by atoms with Crippen molar-refractivity contribution in [2.24, 2.45) is 5.92 Å². The molecule has 0 heterocycles. The molecule has 1 N–H and O–H groups in total. The summed E-state index contributed by atoms with van der Waals surface area (Å²) >= 11 is 5.17. The first-order valence-electron chi connectivity index (χ1n) is 5.74. The summed E-state index contributed by atoms with van der Waals surface area (Å²) < 4.78 is 121. The van der Waals surface area contributed by atoms with Crippen molar-refractivity contribution in [3.63, 3.8) is 0 Å². The summed E-state index contributed by atoms with van der Waals surface area (Å²) in [4.78, 5) is 1.46. The zero-order chi connectivity index (χ0) is 19.1. The molecule has 0 saturated heterocycles. The molecule has 0 rings (SSSR count). The Labute approximate surface area is 134 Å². The maximum atomic E-state index is 12.7. The SMILES string of the molecule is CCC(NCl)(C(C)C)N(S(=O)(=O)C(F)(F)F)S(=O)(=O)C(F)(F)F. The number of hydrogen-bond acceptors (Lipinski definition) is 5. The Morgan fingerprint density at radius 3 is 1.39 bits per heavy atom. The van der Waals surface area contributed by atoms with Crippen molar-refractivity contribution in [3.05, 3.63) is 0 Å². The van der Waals surface area contributed by atoms with E-state index < -0.39 is 52.8 Å². The Balaban J connectivity index is 6.98. The van der Waals surface area contributed by atoms with E-state index in [2.05, 4.69) is 0 Å². The molecule has 1 unspecified atom stereocenters. The minimum Gasteiger partial charge on any atom is -0.211 e. The van der Waals surface area contributed by atoms with E-state index in [-0.39, 0.29) is 0 Å². The number of hydrogen-bond donors (Lipinski definition) is 1. The van der Waals surface area contributed by atoms with Crippen LogP contribution in [0.4, 0.5) is 26.3 Å². The number of nitrogens with one attached hydrogen (secondary N) is 1. The summed E-state index contributed by atoms with van der Waals surface area (Å²) in [5, 5.41) is 0. The molecule has 23 heavy (non-hydrogen) atoms.